The van der Waals surface area contributed by atoms with Crippen molar-refractivity contribution in [3.8, 4) is 0 Å². The summed E-state index contributed by atoms with van der Waals surface area (Å²) in [7, 11) is 0. The number of nitrogens with zero attached hydrogens (tertiary/aromatic N) is 4. The monoisotopic (exact) mass is 966 g/mol. The topological polar surface area (TPSA) is 13.0 Å². The minimum atomic E-state index is 0.626. The molecule has 4 nitrogen and oxygen atoms in total. The number of hydrogen-bond acceptors (Lipinski definition) is 4. The van der Waals surface area contributed by atoms with E-state index in [-0.39, 0.29) is 0 Å². The zero-order valence-corrected chi connectivity index (χ0v) is 41.0. The van der Waals surface area contributed by atoms with Crippen molar-refractivity contribution in [2.45, 2.75) is 25.7 Å². The van der Waals surface area contributed by atoms with Crippen LogP contribution in [-0.2, 0) is 25.7 Å². The predicted octanol–water partition coefficient (Wildman–Crippen LogP) is 19.4. The van der Waals surface area contributed by atoms with Gasteiger partial charge >= 0.3 is 0 Å². The van der Waals surface area contributed by atoms with Gasteiger partial charge in [-0.25, -0.2) is 0 Å². The zero-order valence-electron chi connectivity index (χ0n) is 39.5. The van der Waals surface area contributed by atoms with E-state index in [1.165, 1.54) is 43.8 Å². The van der Waals surface area contributed by atoms with Crippen LogP contribution in [0.3, 0.4) is 0 Å². The van der Waals surface area contributed by atoms with Crippen molar-refractivity contribution in [3.05, 3.63) is 275 Å². The van der Waals surface area contributed by atoms with E-state index in [1.54, 1.807) is 0 Å². The third kappa shape index (κ3) is 7.54. The number of halogens is 2. The SMILES string of the molecule is Clc1c(N(c2ccccc2)c2ccccc2)cccc1N(c1cccc(N(c2cccc(N(c3ccccc3)c3ccccc3)c2Cl)c2ccc3c4c(cccc24)CC3)c1)c1ccc2c3c(cccc13)CC2. The largest absolute Gasteiger partial charge is 0.309 e. The van der Waals surface area contributed by atoms with Crippen molar-refractivity contribution >= 4 is 113 Å². The summed E-state index contributed by atoms with van der Waals surface area (Å²) in [6.45, 7) is 0. The van der Waals surface area contributed by atoms with Gasteiger partial charge in [-0.05, 0) is 162 Å². The molecule has 13 rings (SSSR count). The Bertz CT molecular complexity index is 3460. The molecule has 11 aromatic carbocycles. The minimum Gasteiger partial charge on any atom is -0.309 e. The smallest absolute Gasteiger partial charge is 0.0887 e. The molecule has 0 bridgehead atoms. The van der Waals surface area contributed by atoms with E-state index in [0.717, 1.165) is 93.9 Å². The van der Waals surface area contributed by atoms with Crippen LogP contribution in [0.15, 0.2) is 243 Å². The average Bonchev–Trinajstić information content (AvgIpc) is 4.07. The van der Waals surface area contributed by atoms with E-state index in [2.05, 4.69) is 238 Å². The highest BCUT2D eigenvalue weighted by Crippen LogP contribution is 2.53. The third-order valence-electron chi connectivity index (χ3n) is 14.5. The standard InChI is InChI=1S/C66H48Cl2N4/c67-65-59(69(49-20-5-1-6-21-49)50-22-7-2-8-23-50)32-16-34-61(65)71(57-42-40-47-38-36-45-18-13-30-55(57)63(45)47)53-28-15-29-54(44-53)72(58-43-41-48-39-37-46-19-14-31-56(58)64(46)48)62-35-17-33-60(66(62)68)70(51-24-9-3-10-25-51)52-26-11-4-12-27-52/h1-35,40-44H,36-39H2. The summed E-state index contributed by atoms with van der Waals surface area (Å²) < 4.78 is 0. The minimum absolute atomic E-state index is 0.626. The number of benzene rings is 11. The second-order valence-corrected chi connectivity index (χ2v) is 19.3. The van der Waals surface area contributed by atoms with E-state index in [1.807, 2.05) is 24.3 Å². The molecule has 0 amide bonds. The summed E-state index contributed by atoms with van der Waals surface area (Å²) in [5, 5.41) is 6.30. The fraction of sp³-hybridized carbons (Fsp3) is 0.0606. The van der Waals surface area contributed by atoms with Crippen LogP contribution in [0.2, 0.25) is 10.0 Å². The molecular formula is C66H48Cl2N4. The Hall–Kier alpha value is -8.28. The lowest BCUT2D eigenvalue weighted by molar-refractivity contribution is 1.02. The van der Waals surface area contributed by atoms with Crippen LogP contribution in [0.25, 0.3) is 21.5 Å². The Morgan fingerprint density at radius 2 is 0.528 bits per heavy atom. The van der Waals surface area contributed by atoms with Crippen LogP contribution in [0.1, 0.15) is 22.3 Å². The molecule has 0 fully saturated rings. The van der Waals surface area contributed by atoms with Gasteiger partial charge in [0.2, 0.25) is 0 Å². The first kappa shape index (κ1) is 43.7. The molecule has 346 valence electrons. The van der Waals surface area contributed by atoms with E-state index in [0.29, 0.717) is 10.0 Å². The summed E-state index contributed by atoms with van der Waals surface area (Å²) in [5.41, 5.74) is 17.1. The van der Waals surface area contributed by atoms with Gasteiger partial charge in [0.05, 0.1) is 44.2 Å². The van der Waals surface area contributed by atoms with Crippen LogP contribution in [0.4, 0.5) is 68.2 Å². The number of para-hydroxylation sites is 4. The van der Waals surface area contributed by atoms with Crippen LogP contribution >= 0.6 is 23.2 Å². The van der Waals surface area contributed by atoms with Crippen molar-refractivity contribution in [1.82, 2.24) is 0 Å². The molecule has 11 aromatic rings. The predicted molar refractivity (Wildman–Crippen MR) is 305 cm³/mol. The summed E-state index contributed by atoms with van der Waals surface area (Å²) in [6, 6.07) is 86.3. The van der Waals surface area contributed by atoms with Crippen molar-refractivity contribution in [2.75, 3.05) is 19.6 Å². The van der Waals surface area contributed by atoms with E-state index in [4.69, 9.17) is 23.2 Å². The first-order chi connectivity index (χ1) is 35.6. The highest BCUT2D eigenvalue weighted by atomic mass is 35.5. The quantitative estimate of drug-likeness (QED) is 0.121. The first-order valence-corrected chi connectivity index (χ1v) is 25.5. The molecule has 6 heteroatoms. The molecular weight excluding hydrogens is 920 g/mol. The Morgan fingerprint density at radius 1 is 0.236 bits per heavy atom. The van der Waals surface area contributed by atoms with Crippen molar-refractivity contribution in [2.24, 2.45) is 0 Å². The Morgan fingerprint density at radius 3 is 0.889 bits per heavy atom. The molecule has 2 aliphatic carbocycles. The fourth-order valence-electron chi connectivity index (χ4n) is 11.3. The summed E-state index contributed by atoms with van der Waals surface area (Å²) in [5.74, 6) is 0. The number of anilines is 12. The van der Waals surface area contributed by atoms with Crippen molar-refractivity contribution < 1.29 is 0 Å². The maximum atomic E-state index is 7.97. The molecule has 0 heterocycles. The average molecular weight is 968 g/mol. The molecule has 2 aliphatic rings. The van der Waals surface area contributed by atoms with Gasteiger partial charge in [-0.3, -0.25) is 0 Å². The van der Waals surface area contributed by atoms with Gasteiger partial charge in [0, 0.05) is 44.9 Å². The maximum absolute atomic E-state index is 7.97. The molecule has 0 aliphatic heterocycles. The zero-order chi connectivity index (χ0) is 48.1. The molecule has 0 radical (unpaired) electrons. The molecule has 0 unspecified atom stereocenters. The van der Waals surface area contributed by atoms with Gasteiger partial charge in [0.1, 0.15) is 0 Å². The number of aryl methyl sites for hydroxylation is 4. The molecule has 0 aromatic heterocycles. The van der Waals surface area contributed by atoms with Gasteiger partial charge in [0.25, 0.3) is 0 Å². The molecule has 72 heavy (non-hydrogen) atoms. The Kier molecular flexibility index (Phi) is 11.2. The summed E-state index contributed by atoms with van der Waals surface area (Å²) >= 11 is 15.9. The van der Waals surface area contributed by atoms with Gasteiger partial charge < -0.3 is 19.6 Å². The normalized spacial score (nSPS) is 12.4. The molecule has 0 spiro atoms. The fourth-order valence-corrected chi connectivity index (χ4v) is 11.9. The second kappa shape index (κ2) is 18.5. The van der Waals surface area contributed by atoms with E-state index < -0.39 is 0 Å². The highest BCUT2D eigenvalue weighted by molar-refractivity contribution is 6.37. The number of hydrogen-bond donors (Lipinski definition) is 0. The lowest BCUT2D eigenvalue weighted by Crippen LogP contribution is -2.16. The molecule has 0 N–H and O–H groups in total. The Balaban J connectivity index is 1.05. The van der Waals surface area contributed by atoms with Crippen LogP contribution in [-0.4, -0.2) is 0 Å². The van der Waals surface area contributed by atoms with Gasteiger partial charge in [-0.15, -0.1) is 0 Å². The second-order valence-electron chi connectivity index (χ2n) is 18.6. The summed E-state index contributed by atoms with van der Waals surface area (Å²) in [6.07, 6.45) is 4.11. The van der Waals surface area contributed by atoms with Crippen LogP contribution in [0, 0.1) is 0 Å². The van der Waals surface area contributed by atoms with E-state index in [9.17, 15) is 0 Å². The first-order valence-electron chi connectivity index (χ1n) is 24.7. The lowest BCUT2D eigenvalue weighted by Gasteiger charge is -2.33. The third-order valence-corrected chi connectivity index (χ3v) is 15.2. The highest BCUT2D eigenvalue weighted by Gasteiger charge is 2.29. The van der Waals surface area contributed by atoms with Crippen molar-refractivity contribution in [3.63, 3.8) is 0 Å². The van der Waals surface area contributed by atoms with E-state index >= 15 is 0 Å². The molecule has 0 saturated heterocycles. The Labute approximate surface area is 430 Å². The van der Waals surface area contributed by atoms with Gasteiger partial charge in [-0.1, -0.05) is 163 Å². The maximum Gasteiger partial charge on any atom is 0.0887 e. The number of rotatable bonds is 12. The van der Waals surface area contributed by atoms with Crippen molar-refractivity contribution in [1.29, 1.82) is 0 Å². The van der Waals surface area contributed by atoms with Gasteiger partial charge in [-0.2, -0.15) is 0 Å². The van der Waals surface area contributed by atoms with Crippen LogP contribution < -0.4 is 19.6 Å². The van der Waals surface area contributed by atoms with Crippen LogP contribution in [0.5, 0.6) is 0 Å². The summed E-state index contributed by atoms with van der Waals surface area (Å²) in [4.78, 5) is 9.21. The lowest BCUT2D eigenvalue weighted by atomic mass is 10.0. The molecule has 0 atom stereocenters. The van der Waals surface area contributed by atoms with Gasteiger partial charge in [0.15, 0.2) is 0 Å². The molecule has 0 saturated carbocycles.